The molecule has 0 aliphatic heterocycles. The van der Waals surface area contributed by atoms with Crippen LogP contribution >= 0.6 is 0 Å². The minimum absolute atomic E-state index is 0.111. The van der Waals surface area contributed by atoms with Gasteiger partial charge in [0, 0.05) is 12.3 Å². The van der Waals surface area contributed by atoms with Gasteiger partial charge in [0.25, 0.3) is 0 Å². The number of nitrogens with two attached hydrogens (primary N) is 1. The number of alkyl halides is 3. The summed E-state index contributed by atoms with van der Waals surface area (Å²) in [5, 5.41) is 0. The number of carbonyl (C=O) groups excluding carboxylic acids is 1. The summed E-state index contributed by atoms with van der Waals surface area (Å²) < 4.78 is 35.4. The van der Waals surface area contributed by atoms with E-state index < -0.39 is 24.4 Å². The molecule has 13 heavy (non-hydrogen) atoms. The molecular weight excluding hydrogens is 183 g/mol. The molecule has 0 aromatic heterocycles. The summed E-state index contributed by atoms with van der Waals surface area (Å²) in [5.41, 5.74) is 5.00. The Balaban J connectivity index is 2.35. The average molecular weight is 195 g/mol. The predicted octanol–water partition coefficient (Wildman–Crippen LogP) is 1.84. The molecule has 0 spiro atoms. The van der Waals surface area contributed by atoms with Gasteiger partial charge in [0.15, 0.2) is 0 Å². The van der Waals surface area contributed by atoms with Crippen molar-refractivity contribution in [3.05, 3.63) is 0 Å². The fraction of sp³-hybridized carbons (Fsp3) is 0.875. The molecule has 0 aromatic rings. The van der Waals surface area contributed by atoms with Crippen molar-refractivity contribution >= 4 is 5.91 Å². The van der Waals surface area contributed by atoms with Gasteiger partial charge in [-0.25, -0.2) is 0 Å². The van der Waals surface area contributed by atoms with Gasteiger partial charge in [0.05, 0.1) is 0 Å². The van der Waals surface area contributed by atoms with Crippen molar-refractivity contribution in [1.29, 1.82) is 0 Å². The summed E-state index contributed by atoms with van der Waals surface area (Å²) in [4.78, 5) is 10.8. The molecule has 1 saturated carbocycles. The molecule has 1 unspecified atom stereocenters. The molecule has 0 aromatic carbocycles. The normalized spacial score (nSPS) is 19.9. The molecule has 2 N–H and O–H groups in total. The lowest BCUT2D eigenvalue weighted by molar-refractivity contribution is -0.140. The Morgan fingerprint density at radius 3 is 2.31 bits per heavy atom. The first-order chi connectivity index (χ1) is 5.90. The molecule has 1 amide bonds. The molecule has 5 heteroatoms. The summed E-state index contributed by atoms with van der Waals surface area (Å²) >= 11 is 0. The molecule has 0 radical (unpaired) electrons. The maximum Gasteiger partial charge on any atom is 0.389 e. The highest BCUT2D eigenvalue weighted by Crippen LogP contribution is 2.40. The molecule has 0 bridgehead atoms. The van der Waals surface area contributed by atoms with Gasteiger partial charge in [-0.1, -0.05) is 0 Å². The number of hydrogen-bond donors (Lipinski definition) is 1. The van der Waals surface area contributed by atoms with Crippen LogP contribution in [-0.4, -0.2) is 12.1 Å². The second-order valence-corrected chi connectivity index (χ2v) is 3.50. The molecule has 1 aliphatic carbocycles. The number of halogens is 3. The van der Waals surface area contributed by atoms with E-state index in [4.69, 9.17) is 5.73 Å². The smallest absolute Gasteiger partial charge is 0.369 e. The number of rotatable bonds is 4. The van der Waals surface area contributed by atoms with Gasteiger partial charge >= 0.3 is 6.18 Å². The summed E-state index contributed by atoms with van der Waals surface area (Å²) in [5.74, 6) is -1.05. The lowest BCUT2D eigenvalue weighted by Crippen LogP contribution is -2.26. The molecule has 1 aliphatic rings. The van der Waals surface area contributed by atoms with E-state index in [1.807, 2.05) is 0 Å². The van der Waals surface area contributed by atoms with Crippen molar-refractivity contribution in [3.8, 4) is 0 Å². The Hall–Kier alpha value is -0.740. The van der Waals surface area contributed by atoms with E-state index in [1.165, 1.54) is 0 Å². The predicted molar refractivity (Wildman–Crippen MR) is 40.7 cm³/mol. The fourth-order valence-electron chi connectivity index (χ4n) is 1.43. The Morgan fingerprint density at radius 2 is 2.00 bits per heavy atom. The van der Waals surface area contributed by atoms with Crippen LogP contribution in [0.4, 0.5) is 13.2 Å². The topological polar surface area (TPSA) is 43.1 Å². The second kappa shape index (κ2) is 3.55. The van der Waals surface area contributed by atoms with E-state index in [-0.39, 0.29) is 12.3 Å². The lowest BCUT2D eigenvalue weighted by Gasteiger charge is -2.13. The van der Waals surface area contributed by atoms with E-state index in [0.29, 0.717) is 0 Å². The molecule has 2 nitrogen and oxygen atoms in total. The van der Waals surface area contributed by atoms with Crippen molar-refractivity contribution in [2.75, 3.05) is 0 Å². The first-order valence-corrected chi connectivity index (χ1v) is 4.26. The third kappa shape index (κ3) is 3.65. The Labute approximate surface area is 74.3 Å². The van der Waals surface area contributed by atoms with Gasteiger partial charge in [-0.05, 0) is 25.2 Å². The number of carbonyl (C=O) groups is 1. The minimum atomic E-state index is -4.18. The van der Waals surface area contributed by atoms with E-state index in [1.54, 1.807) is 0 Å². The Morgan fingerprint density at radius 1 is 1.46 bits per heavy atom. The van der Waals surface area contributed by atoms with Gasteiger partial charge in [-0.2, -0.15) is 13.2 Å². The van der Waals surface area contributed by atoms with E-state index >= 15 is 0 Å². The number of amides is 1. The quantitative estimate of drug-likeness (QED) is 0.730. The summed E-state index contributed by atoms with van der Waals surface area (Å²) in [7, 11) is 0. The maximum atomic E-state index is 11.8. The first kappa shape index (κ1) is 10.3. The van der Waals surface area contributed by atoms with Crippen LogP contribution in [0.15, 0.2) is 0 Å². The molecule has 1 fully saturated rings. The van der Waals surface area contributed by atoms with Gasteiger partial charge in [-0.15, -0.1) is 0 Å². The van der Waals surface area contributed by atoms with Crippen LogP contribution in [0.25, 0.3) is 0 Å². The van der Waals surface area contributed by atoms with Gasteiger partial charge in [-0.3, -0.25) is 4.79 Å². The van der Waals surface area contributed by atoms with Gasteiger partial charge < -0.3 is 5.73 Å². The summed E-state index contributed by atoms with van der Waals surface area (Å²) in [6, 6.07) is 0. The van der Waals surface area contributed by atoms with Crippen molar-refractivity contribution in [3.63, 3.8) is 0 Å². The van der Waals surface area contributed by atoms with Crippen LogP contribution < -0.4 is 5.73 Å². The van der Waals surface area contributed by atoms with Crippen LogP contribution in [0.3, 0.4) is 0 Å². The number of hydrogen-bond acceptors (Lipinski definition) is 1. The van der Waals surface area contributed by atoms with Crippen molar-refractivity contribution in [2.45, 2.75) is 31.9 Å². The molecular formula is C8H12F3NO. The zero-order valence-electron chi connectivity index (χ0n) is 7.10. The van der Waals surface area contributed by atoms with Crippen LogP contribution in [0.2, 0.25) is 0 Å². The van der Waals surface area contributed by atoms with Gasteiger partial charge in [0.2, 0.25) is 5.91 Å². The van der Waals surface area contributed by atoms with E-state index in [2.05, 4.69) is 0 Å². The van der Waals surface area contributed by atoms with Crippen molar-refractivity contribution < 1.29 is 18.0 Å². The zero-order valence-corrected chi connectivity index (χ0v) is 7.10. The first-order valence-electron chi connectivity index (χ1n) is 4.26. The van der Waals surface area contributed by atoms with E-state index in [9.17, 15) is 18.0 Å². The molecule has 0 saturated heterocycles. The van der Waals surface area contributed by atoms with Crippen LogP contribution in [-0.2, 0) is 4.79 Å². The van der Waals surface area contributed by atoms with Crippen LogP contribution in [0.5, 0.6) is 0 Å². The standard InChI is InChI=1S/C8H12F3NO/c9-8(10,11)4-3-6(7(12)13)5-1-2-5/h5-6H,1-4H2,(H2,12,13). The highest BCUT2D eigenvalue weighted by atomic mass is 19.4. The van der Waals surface area contributed by atoms with Crippen LogP contribution in [0.1, 0.15) is 25.7 Å². The molecule has 1 atom stereocenters. The SMILES string of the molecule is NC(=O)C(CCC(F)(F)F)C1CC1. The molecule has 1 rings (SSSR count). The Bertz CT molecular complexity index is 198. The Kier molecular flexibility index (Phi) is 2.83. The lowest BCUT2D eigenvalue weighted by atomic mass is 9.97. The minimum Gasteiger partial charge on any atom is -0.369 e. The zero-order chi connectivity index (χ0) is 10.1. The monoisotopic (exact) mass is 195 g/mol. The van der Waals surface area contributed by atoms with Gasteiger partial charge in [0.1, 0.15) is 0 Å². The fourth-order valence-corrected chi connectivity index (χ4v) is 1.43. The second-order valence-electron chi connectivity index (χ2n) is 3.50. The molecule has 0 heterocycles. The van der Waals surface area contributed by atoms with Crippen molar-refractivity contribution in [2.24, 2.45) is 17.6 Å². The third-order valence-electron chi connectivity index (χ3n) is 2.30. The largest absolute Gasteiger partial charge is 0.389 e. The highest BCUT2D eigenvalue weighted by molar-refractivity contribution is 5.77. The van der Waals surface area contributed by atoms with Crippen molar-refractivity contribution in [1.82, 2.24) is 0 Å². The van der Waals surface area contributed by atoms with E-state index in [0.717, 1.165) is 12.8 Å². The summed E-state index contributed by atoms with van der Waals surface area (Å²) in [6.45, 7) is 0. The maximum absolute atomic E-state index is 11.8. The van der Waals surface area contributed by atoms with Crippen LogP contribution in [0, 0.1) is 11.8 Å². The third-order valence-corrected chi connectivity index (χ3v) is 2.30. The molecule has 76 valence electrons. The summed E-state index contributed by atoms with van der Waals surface area (Å²) in [6.07, 6.45) is -3.56. The highest BCUT2D eigenvalue weighted by Gasteiger charge is 2.37. The average Bonchev–Trinajstić information content (AvgIpc) is 2.67. The number of primary amides is 1.